The van der Waals surface area contributed by atoms with Gasteiger partial charge < -0.3 is 5.11 Å². The quantitative estimate of drug-likeness (QED) is 0.867. The van der Waals surface area contributed by atoms with E-state index in [0.717, 1.165) is 30.5 Å². The van der Waals surface area contributed by atoms with Gasteiger partial charge in [-0.05, 0) is 37.7 Å². The highest BCUT2D eigenvalue weighted by atomic mass is 19.3. The summed E-state index contributed by atoms with van der Waals surface area (Å²) in [5, 5.41) is 16.6. The summed E-state index contributed by atoms with van der Waals surface area (Å²) in [6.07, 6.45) is 1.82. The van der Waals surface area contributed by atoms with Crippen molar-refractivity contribution in [1.29, 1.82) is 0 Å². The Hall–Kier alpha value is -1.46. The van der Waals surface area contributed by atoms with Crippen molar-refractivity contribution in [3.8, 4) is 0 Å². The predicted molar refractivity (Wildman–Crippen MR) is 63.3 cm³/mol. The van der Waals surface area contributed by atoms with Gasteiger partial charge in [-0.15, -0.1) is 0 Å². The summed E-state index contributed by atoms with van der Waals surface area (Å²) in [5.41, 5.74) is 1.21. The first-order chi connectivity index (χ1) is 8.95. The molecule has 1 saturated carbocycles. The Balaban J connectivity index is 2.00. The molecule has 0 atom stereocenters. The van der Waals surface area contributed by atoms with Crippen molar-refractivity contribution < 1.29 is 18.7 Å². The minimum atomic E-state index is -2.74. The summed E-state index contributed by atoms with van der Waals surface area (Å²) in [5.74, 6) is -3.76. The van der Waals surface area contributed by atoms with Crippen LogP contribution in [0.5, 0.6) is 0 Å². The summed E-state index contributed by atoms with van der Waals surface area (Å²) in [4.78, 5) is 11.7. The number of aliphatic carboxylic acids is 1. The second-order valence-electron chi connectivity index (χ2n) is 5.63. The number of carboxylic acid groups (broad SMARTS) is 1. The van der Waals surface area contributed by atoms with E-state index in [0.29, 0.717) is 5.69 Å². The Morgan fingerprint density at radius 2 is 1.89 bits per heavy atom. The number of halogens is 2. The van der Waals surface area contributed by atoms with Crippen molar-refractivity contribution in [2.24, 2.45) is 0 Å². The van der Waals surface area contributed by atoms with Crippen LogP contribution in [-0.4, -0.2) is 27.2 Å². The van der Waals surface area contributed by atoms with E-state index in [2.05, 4.69) is 10.2 Å². The average Bonchev–Trinajstić information content (AvgIpc) is 2.92. The molecular formula is C13H16F2N2O2. The van der Waals surface area contributed by atoms with Gasteiger partial charge in [-0.25, -0.2) is 8.78 Å². The minimum Gasteiger partial charge on any atom is -0.481 e. The minimum absolute atomic E-state index is 0.0351. The van der Waals surface area contributed by atoms with Gasteiger partial charge in [0.15, 0.2) is 0 Å². The molecule has 4 nitrogen and oxygen atoms in total. The number of aromatic nitrogens is 2. The summed E-state index contributed by atoms with van der Waals surface area (Å²) < 4.78 is 26.6. The molecule has 1 aromatic rings. The first kappa shape index (κ1) is 12.6. The van der Waals surface area contributed by atoms with Crippen LogP contribution in [0.15, 0.2) is 0 Å². The van der Waals surface area contributed by atoms with E-state index in [1.807, 2.05) is 0 Å². The maximum Gasteiger partial charge on any atom is 0.315 e. The molecule has 1 fully saturated rings. The van der Waals surface area contributed by atoms with E-state index < -0.39 is 17.3 Å². The molecule has 0 spiro atoms. The van der Waals surface area contributed by atoms with Gasteiger partial charge in [-0.3, -0.25) is 9.89 Å². The molecular weight excluding hydrogens is 254 g/mol. The largest absolute Gasteiger partial charge is 0.481 e. The smallest absolute Gasteiger partial charge is 0.315 e. The van der Waals surface area contributed by atoms with Crippen molar-refractivity contribution in [2.45, 2.75) is 56.3 Å². The third-order valence-electron chi connectivity index (χ3n) is 4.50. The van der Waals surface area contributed by atoms with Crippen LogP contribution in [0.1, 0.15) is 49.1 Å². The molecule has 1 aromatic heterocycles. The number of alkyl halides is 2. The zero-order valence-electron chi connectivity index (χ0n) is 10.5. The number of fused-ring (bicyclic) bond motifs is 1. The lowest BCUT2D eigenvalue weighted by molar-refractivity contribution is -0.149. The number of H-pyrrole nitrogens is 1. The topological polar surface area (TPSA) is 66.0 Å². The fraction of sp³-hybridized carbons (Fsp3) is 0.692. The van der Waals surface area contributed by atoms with Crippen molar-refractivity contribution in [3.05, 3.63) is 17.0 Å². The first-order valence-corrected chi connectivity index (χ1v) is 6.62. The van der Waals surface area contributed by atoms with Crippen molar-refractivity contribution in [2.75, 3.05) is 0 Å². The number of hydrogen-bond donors (Lipinski definition) is 2. The number of aromatic amines is 1. The van der Waals surface area contributed by atoms with E-state index in [9.17, 15) is 18.7 Å². The fourth-order valence-corrected chi connectivity index (χ4v) is 3.31. The average molecular weight is 270 g/mol. The number of carboxylic acids is 1. The van der Waals surface area contributed by atoms with Gasteiger partial charge in [0, 0.05) is 18.5 Å². The molecule has 2 aliphatic carbocycles. The lowest BCUT2D eigenvalue weighted by atomic mass is 9.69. The van der Waals surface area contributed by atoms with Crippen LogP contribution < -0.4 is 0 Å². The molecule has 0 bridgehead atoms. The molecule has 0 unspecified atom stereocenters. The number of rotatable bonds is 2. The molecule has 19 heavy (non-hydrogen) atoms. The molecule has 6 heteroatoms. The van der Waals surface area contributed by atoms with E-state index in [1.54, 1.807) is 0 Å². The maximum absolute atomic E-state index is 13.3. The molecule has 2 aliphatic rings. The van der Waals surface area contributed by atoms with Gasteiger partial charge in [0.2, 0.25) is 5.92 Å². The number of hydrogen-bond acceptors (Lipinski definition) is 2. The first-order valence-electron chi connectivity index (χ1n) is 6.62. The van der Waals surface area contributed by atoms with E-state index in [4.69, 9.17) is 0 Å². The van der Waals surface area contributed by atoms with Crippen LogP contribution in [0.4, 0.5) is 8.78 Å². The molecule has 0 amide bonds. The number of nitrogens with zero attached hydrogens (tertiary/aromatic N) is 1. The normalized spacial score (nSPS) is 24.1. The Labute approximate surface area is 109 Å². The van der Waals surface area contributed by atoms with Gasteiger partial charge in [0.25, 0.3) is 0 Å². The lowest BCUT2D eigenvalue weighted by Crippen LogP contribution is -2.43. The second-order valence-corrected chi connectivity index (χ2v) is 5.63. The van der Waals surface area contributed by atoms with Crippen molar-refractivity contribution in [1.82, 2.24) is 10.2 Å². The van der Waals surface area contributed by atoms with Gasteiger partial charge in [-0.1, -0.05) is 0 Å². The summed E-state index contributed by atoms with van der Waals surface area (Å²) in [7, 11) is 0. The molecule has 2 N–H and O–H groups in total. The molecule has 0 aliphatic heterocycles. The summed E-state index contributed by atoms with van der Waals surface area (Å²) in [6, 6.07) is 0. The molecule has 0 radical (unpaired) electrons. The molecule has 1 heterocycles. The van der Waals surface area contributed by atoms with Crippen LogP contribution >= 0.6 is 0 Å². The van der Waals surface area contributed by atoms with Crippen LogP contribution in [0, 0.1) is 0 Å². The van der Waals surface area contributed by atoms with Crippen molar-refractivity contribution in [3.63, 3.8) is 0 Å². The maximum atomic E-state index is 13.3. The van der Waals surface area contributed by atoms with E-state index in [1.165, 1.54) is 0 Å². The van der Waals surface area contributed by atoms with Gasteiger partial charge >= 0.3 is 5.97 Å². The molecule has 3 rings (SSSR count). The zero-order chi connectivity index (χ0) is 13.7. The second kappa shape index (κ2) is 4.02. The Morgan fingerprint density at radius 3 is 2.53 bits per heavy atom. The van der Waals surface area contributed by atoms with Crippen LogP contribution in [-0.2, 0) is 23.1 Å². The number of aryl methyl sites for hydroxylation is 1. The Bertz CT molecular complexity index is 515. The number of carbonyl (C=O) groups is 1. The zero-order valence-corrected chi connectivity index (χ0v) is 10.5. The number of nitrogens with one attached hydrogen (secondary N) is 1. The molecule has 0 saturated heterocycles. The lowest BCUT2D eigenvalue weighted by Gasteiger charge is -2.36. The molecule has 0 aromatic carbocycles. The monoisotopic (exact) mass is 270 g/mol. The highest BCUT2D eigenvalue weighted by Crippen LogP contribution is 2.47. The van der Waals surface area contributed by atoms with Gasteiger partial charge in [0.05, 0.1) is 5.69 Å². The third-order valence-corrected chi connectivity index (χ3v) is 4.50. The van der Waals surface area contributed by atoms with Gasteiger partial charge in [0.1, 0.15) is 5.41 Å². The summed E-state index contributed by atoms with van der Waals surface area (Å²) >= 11 is 0. The van der Waals surface area contributed by atoms with Crippen molar-refractivity contribution >= 4 is 5.97 Å². The fourth-order valence-electron chi connectivity index (χ4n) is 3.31. The van der Waals surface area contributed by atoms with E-state index in [-0.39, 0.29) is 25.7 Å². The predicted octanol–water partition coefficient (Wildman–Crippen LogP) is 2.43. The third kappa shape index (κ3) is 1.84. The van der Waals surface area contributed by atoms with Crippen LogP contribution in [0.2, 0.25) is 0 Å². The van der Waals surface area contributed by atoms with E-state index >= 15 is 0 Å². The van der Waals surface area contributed by atoms with Crippen LogP contribution in [0.3, 0.4) is 0 Å². The van der Waals surface area contributed by atoms with Crippen LogP contribution in [0.25, 0.3) is 0 Å². The Kier molecular flexibility index (Phi) is 2.66. The van der Waals surface area contributed by atoms with Gasteiger partial charge in [-0.2, -0.15) is 5.10 Å². The standard InChI is InChI=1S/C13H16F2N2O2/c14-13(15)6-4-12(5-7-13,11(18)19)10-8-2-1-3-9(8)16-17-10/h1-7H2,(H,16,17)(H,18,19). The SMILES string of the molecule is O=C(O)C1(c2n[nH]c3c2CCC3)CCC(F)(F)CC1. The molecule has 104 valence electrons. The highest BCUT2D eigenvalue weighted by molar-refractivity contribution is 5.81. The Morgan fingerprint density at radius 1 is 1.21 bits per heavy atom. The highest BCUT2D eigenvalue weighted by Gasteiger charge is 2.51. The summed E-state index contributed by atoms with van der Waals surface area (Å²) in [6.45, 7) is 0.